The molecule has 3 heteroatoms. The minimum Gasteiger partial charge on any atom is -0.384 e. The molecule has 1 saturated carbocycles. The van der Waals surface area contributed by atoms with E-state index in [0.29, 0.717) is 11.7 Å². The normalized spacial score (nSPS) is 17.8. The van der Waals surface area contributed by atoms with Crippen LogP contribution in [-0.2, 0) is 0 Å². The molecule has 1 fully saturated rings. The Morgan fingerprint density at radius 2 is 2.27 bits per heavy atom. The molecule has 1 aromatic rings. The molecular formula is C8H11N3. The van der Waals surface area contributed by atoms with Gasteiger partial charge in [0.05, 0.1) is 0 Å². The van der Waals surface area contributed by atoms with Gasteiger partial charge in [0, 0.05) is 12.1 Å². The fourth-order valence-electron chi connectivity index (χ4n) is 1.25. The molecule has 1 heterocycles. The van der Waals surface area contributed by atoms with Gasteiger partial charge in [0.1, 0.15) is 11.6 Å². The lowest BCUT2D eigenvalue weighted by Gasteiger charge is -2.23. The average Bonchev–Trinajstić information content (AvgIpc) is 1.83. The lowest BCUT2D eigenvalue weighted by Crippen LogP contribution is -2.12. The number of aromatic nitrogens is 2. The molecular weight excluding hydrogens is 138 g/mol. The minimum atomic E-state index is 0.582. The summed E-state index contributed by atoms with van der Waals surface area (Å²) in [6, 6.07) is 1.72. The van der Waals surface area contributed by atoms with Gasteiger partial charge in [0.25, 0.3) is 0 Å². The molecule has 1 aliphatic carbocycles. The third-order valence-corrected chi connectivity index (χ3v) is 2.17. The van der Waals surface area contributed by atoms with Crippen LogP contribution in [0.25, 0.3) is 0 Å². The number of anilines is 1. The van der Waals surface area contributed by atoms with Crippen molar-refractivity contribution in [3.63, 3.8) is 0 Å². The van der Waals surface area contributed by atoms with Gasteiger partial charge in [-0.25, -0.2) is 9.97 Å². The summed E-state index contributed by atoms with van der Waals surface area (Å²) in [5.74, 6) is 2.09. The fourth-order valence-corrected chi connectivity index (χ4v) is 1.25. The predicted molar refractivity (Wildman–Crippen MR) is 43.0 cm³/mol. The van der Waals surface area contributed by atoms with Crippen molar-refractivity contribution in [2.45, 2.75) is 25.2 Å². The van der Waals surface area contributed by atoms with Crippen LogP contribution in [-0.4, -0.2) is 9.97 Å². The third-order valence-electron chi connectivity index (χ3n) is 2.17. The van der Waals surface area contributed by atoms with E-state index in [0.717, 1.165) is 5.82 Å². The molecule has 11 heavy (non-hydrogen) atoms. The summed E-state index contributed by atoms with van der Waals surface area (Å²) >= 11 is 0. The van der Waals surface area contributed by atoms with E-state index in [9.17, 15) is 0 Å². The second-order valence-electron chi connectivity index (χ2n) is 2.97. The molecule has 1 aliphatic rings. The van der Waals surface area contributed by atoms with Crippen molar-refractivity contribution in [2.24, 2.45) is 0 Å². The number of rotatable bonds is 1. The molecule has 0 saturated heterocycles. The number of nitrogen functional groups attached to an aromatic ring is 1. The van der Waals surface area contributed by atoms with Gasteiger partial charge in [-0.3, -0.25) is 0 Å². The van der Waals surface area contributed by atoms with E-state index in [2.05, 4.69) is 9.97 Å². The smallest absolute Gasteiger partial charge is 0.133 e. The van der Waals surface area contributed by atoms with Crippen LogP contribution in [0.1, 0.15) is 31.0 Å². The summed E-state index contributed by atoms with van der Waals surface area (Å²) in [4.78, 5) is 8.33. The molecule has 0 aliphatic heterocycles. The van der Waals surface area contributed by atoms with Crippen LogP contribution >= 0.6 is 0 Å². The van der Waals surface area contributed by atoms with Crippen LogP contribution in [0.5, 0.6) is 0 Å². The highest BCUT2D eigenvalue weighted by molar-refractivity contribution is 5.26. The Morgan fingerprint density at radius 1 is 1.45 bits per heavy atom. The topological polar surface area (TPSA) is 51.8 Å². The van der Waals surface area contributed by atoms with Crippen molar-refractivity contribution in [3.05, 3.63) is 18.1 Å². The largest absolute Gasteiger partial charge is 0.384 e. The van der Waals surface area contributed by atoms with Gasteiger partial charge in [-0.05, 0) is 18.9 Å². The highest BCUT2D eigenvalue weighted by Crippen LogP contribution is 2.34. The Labute approximate surface area is 65.7 Å². The predicted octanol–water partition coefficient (Wildman–Crippen LogP) is 1.33. The van der Waals surface area contributed by atoms with E-state index in [1.165, 1.54) is 19.3 Å². The Morgan fingerprint density at radius 3 is 2.82 bits per heavy atom. The number of hydrogen-bond acceptors (Lipinski definition) is 3. The summed E-state index contributed by atoms with van der Waals surface area (Å²) in [5, 5.41) is 0. The third kappa shape index (κ3) is 1.18. The number of hydrogen-bond donors (Lipinski definition) is 1. The standard InChI is InChI=1S/C8H11N3/c9-7-4-5-10-8(11-7)6-2-1-3-6/h4-6H,1-3H2,(H2,9,10,11). The lowest BCUT2D eigenvalue weighted by atomic mass is 9.85. The van der Waals surface area contributed by atoms with Gasteiger partial charge in [-0.15, -0.1) is 0 Å². The van der Waals surface area contributed by atoms with Gasteiger partial charge in [-0.1, -0.05) is 6.42 Å². The highest BCUT2D eigenvalue weighted by Gasteiger charge is 2.21. The minimum absolute atomic E-state index is 0.582. The van der Waals surface area contributed by atoms with Gasteiger partial charge in [0.15, 0.2) is 0 Å². The van der Waals surface area contributed by atoms with Crippen LogP contribution < -0.4 is 5.73 Å². The molecule has 0 unspecified atom stereocenters. The van der Waals surface area contributed by atoms with E-state index >= 15 is 0 Å². The number of nitrogens with zero attached hydrogens (tertiary/aromatic N) is 2. The lowest BCUT2D eigenvalue weighted by molar-refractivity contribution is 0.402. The summed E-state index contributed by atoms with van der Waals surface area (Å²) < 4.78 is 0. The maximum Gasteiger partial charge on any atom is 0.133 e. The van der Waals surface area contributed by atoms with Crippen LogP contribution in [0, 0.1) is 0 Å². The molecule has 0 atom stereocenters. The Kier molecular flexibility index (Phi) is 1.49. The first-order valence-corrected chi connectivity index (χ1v) is 3.94. The summed E-state index contributed by atoms with van der Waals surface area (Å²) in [7, 11) is 0. The first-order chi connectivity index (χ1) is 5.36. The second-order valence-corrected chi connectivity index (χ2v) is 2.97. The SMILES string of the molecule is Nc1ccnc(C2CCC2)n1. The monoisotopic (exact) mass is 149 g/mol. The van der Waals surface area contributed by atoms with Gasteiger partial charge >= 0.3 is 0 Å². The molecule has 2 N–H and O–H groups in total. The molecule has 0 spiro atoms. The van der Waals surface area contributed by atoms with E-state index < -0.39 is 0 Å². The van der Waals surface area contributed by atoms with Crippen LogP contribution in [0.4, 0.5) is 5.82 Å². The maximum absolute atomic E-state index is 5.52. The first kappa shape index (κ1) is 6.58. The van der Waals surface area contributed by atoms with Crippen LogP contribution in [0.15, 0.2) is 12.3 Å². The summed E-state index contributed by atoms with van der Waals surface area (Å²) in [5.41, 5.74) is 5.52. The van der Waals surface area contributed by atoms with E-state index in [1.54, 1.807) is 12.3 Å². The van der Waals surface area contributed by atoms with Gasteiger partial charge in [-0.2, -0.15) is 0 Å². The van der Waals surface area contributed by atoms with Crippen molar-refractivity contribution in [1.82, 2.24) is 9.97 Å². The average molecular weight is 149 g/mol. The van der Waals surface area contributed by atoms with E-state index in [-0.39, 0.29) is 0 Å². The van der Waals surface area contributed by atoms with Crippen molar-refractivity contribution in [3.8, 4) is 0 Å². The quantitative estimate of drug-likeness (QED) is 0.655. The molecule has 2 rings (SSSR count). The highest BCUT2D eigenvalue weighted by atomic mass is 14.9. The Bertz CT molecular complexity index is 255. The van der Waals surface area contributed by atoms with Crippen molar-refractivity contribution in [1.29, 1.82) is 0 Å². The fraction of sp³-hybridized carbons (Fsp3) is 0.500. The Hall–Kier alpha value is -1.12. The van der Waals surface area contributed by atoms with Gasteiger partial charge in [0.2, 0.25) is 0 Å². The molecule has 58 valence electrons. The molecule has 0 amide bonds. The summed E-state index contributed by atoms with van der Waals surface area (Å²) in [6.07, 6.45) is 5.49. The van der Waals surface area contributed by atoms with Crippen molar-refractivity contribution >= 4 is 5.82 Å². The van der Waals surface area contributed by atoms with Gasteiger partial charge < -0.3 is 5.73 Å². The molecule has 0 bridgehead atoms. The van der Waals surface area contributed by atoms with E-state index in [1.807, 2.05) is 0 Å². The molecule has 0 radical (unpaired) electrons. The zero-order chi connectivity index (χ0) is 7.68. The number of nitrogens with two attached hydrogens (primary N) is 1. The second kappa shape index (κ2) is 2.49. The van der Waals surface area contributed by atoms with E-state index in [4.69, 9.17) is 5.73 Å². The Balaban J connectivity index is 2.23. The zero-order valence-electron chi connectivity index (χ0n) is 6.33. The van der Waals surface area contributed by atoms with Crippen molar-refractivity contribution in [2.75, 3.05) is 5.73 Å². The van der Waals surface area contributed by atoms with Crippen LogP contribution in [0.2, 0.25) is 0 Å². The van der Waals surface area contributed by atoms with Crippen LogP contribution in [0.3, 0.4) is 0 Å². The molecule has 0 aromatic carbocycles. The first-order valence-electron chi connectivity index (χ1n) is 3.94. The molecule has 1 aromatic heterocycles. The summed E-state index contributed by atoms with van der Waals surface area (Å²) in [6.45, 7) is 0. The maximum atomic E-state index is 5.52. The zero-order valence-corrected chi connectivity index (χ0v) is 6.33. The van der Waals surface area contributed by atoms with Crippen molar-refractivity contribution < 1.29 is 0 Å². The molecule has 3 nitrogen and oxygen atoms in total.